The maximum absolute atomic E-state index is 13.0. The summed E-state index contributed by atoms with van der Waals surface area (Å²) < 4.78 is 5.53. The lowest BCUT2D eigenvalue weighted by Gasteiger charge is -2.19. The van der Waals surface area contributed by atoms with Crippen molar-refractivity contribution in [2.45, 2.75) is 19.3 Å². The van der Waals surface area contributed by atoms with E-state index in [1.807, 2.05) is 36.4 Å². The fraction of sp³-hybridized carbons (Fsp3) is 0.269. The second-order valence-electron chi connectivity index (χ2n) is 8.84. The molecule has 3 aromatic rings. The molecule has 5 heteroatoms. The molecule has 0 N–H and O–H groups in total. The highest BCUT2D eigenvalue weighted by Gasteiger charge is 2.61. The van der Waals surface area contributed by atoms with Crippen molar-refractivity contribution in [3.05, 3.63) is 72.3 Å². The van der Waals surface area contributed by atoms with Crippen LogP contribution < -0.4 is 9.64 Å². The number of anilines is 1. The zero-order valence-electron chi connectivity index (χ0n) is 16.9. The zero-order valence-corrected chi connectivity index (χ0v) is 16.9. The van der Waals surface area contributed by atoms with Gasteiger partial charge in [-0.15, -0.1) is 0 Å². The molecule has 0 unspecified atom stereocenters. The Morgan fingerprint density at radius 1 is 0.806 bits per heavy atom. The van der Waals surface area contributed by atoms with Crippen LogP contribution in [0.25, 0.3) is 10.8 Å². The van der Waals surface area contributed by atoms with Crippen molar-refractivity contribution in [3.8, 4) is 5.75 Å². The van der Waals surface area contributed by atoms with E-state index in [1.54, 1.807) is 30.3 Å². The third kappa shape index (κ3) is 2.80. The summed E-state index contributed by atoms with van der Waals surface area (Å²) >= 11 is 0. The highest BCUT2D eigenvalue weighted by molar-refractivity contribution is 6.22. The largest absolute Gasteiger partial charge is 0.423 e. The molecule has 3 aliphatic rings. The molecule has 154 valence electrons. The van der Waals surface area contributed by atoms with Crippen LogP contribution in [0.2, 0.25) is 0 Å². The Hall–Kier alpha value is -3.47. The van der Waals surface area contributed by atoms with E-state index >= 15 is 0 Å². The minimum absolute atomic E-state index is 0.0753. The van der Waals surface area contributed by atoms with Crippen molar-refractivity contribution in [1.82, 2.24) is 0 Å². The van der Waals surface area contributed by atoms with Crippen LogP contribution in [0.3, 0.4) is 0 Å². The monoisotopic (exact) mass is 411 g/mol. The second kappa shape index (κ2) is 6.77. The number of nitrogens with zero attached hydrogens (tertiary/aromatic N) is 1. The fourth-order valence-corrected chi connectivity index (χ4v) is 5.81. The normalized spacial score (nSPS) is 26.5. The minimum atomic E-state index is -0.476. The number of fused-ring (bicyclic) bond motifs is 6. The molecule has 1 heterocycles. The summed E-state index contributed by atoms with van der Waals surface area (Å²) in [6.45, 7) is 0. The fourth-order valence-electron chi connectivity index (χ4n) is 5.81. The highest BCUT2D eigenvalue weighted by atomic mass is 16.5. The Bertz CT molecular complexity index is 1200. The lowest BCUT2D eigenvalue weighted by molar-refractivity contribution is -0.123. The summed E-state index contributed by atoms with van der Waals surface area (Å²) in [6.07, 6.45) is 3.12. The number of ether oxygens (including phenoxy) is 1. The van der Waals surface area contributed by atoms with Gasteiger partial charge in [-0.3, -0.25) is 14.5 Å². The summed E-state index contributed by atoms with van der Waals surface area (Å²) in [5.74, 6) is 0.257. The van der Waals surface area contributed by atoms with Crippen molar-refractivity contribution in [2.75, 3.05) is 4.90 Å². The summed E-state index contributed by atoms with van der Waals surface area (Å²) in [6, 6.07) is 19.9. The van der Waals surface area contributed by atoms with Gasteiger partial charge in [0.05, 0.1) is 23.1 Å². The lowest BCUT2D eigenvalue weighted by atomic mass is 9.81. The predicted molar refractivity (Wildman–Crippen MR) is 116 cm³/mol. The number of rotatable bonds is 3. The van der Waals surface area contributed by atoms with Gasteiger partial charge in [-0.25, -0.2) is 4.79 Å². The van der Waals surface area contributed by atoms with Gasteiger partial charge in [0.2, 0.25) is 11.8 Å². The summed E-state index contributed by atoms with van der Waals surface area (Å²) in [5, 5.41) is 2.07. The van der Waals surface area contributed by atoms with Gasteiger partial charge >= 0.3 is 5.97 Å². The van der Waals surface area contributed by atoms with Gasteiger partial charge in [-0.1, -0.05) is 30.3 Å². The molecule has 0 radical (unpaired) electrons. The molecule has 1 aliphatic heterocycles. The molecule has 2 aliphatic carbocycles. The van der Waals surface area contributed by atoms with E-state index in [0.29, 0.717) is 28.8 Å². The molecule has 2 bridgehead atoms. The average Bonchev–Trinajstić information content (AvgIpc) is 3.47. The maximum atomic E-state index is 13.0. The van der Waals surface area contributed by atoms with E-state index in [0.717, 1.165) is 30.0 Å². The van der Waals surface area contributed by atoms with Gasteiger partial charge in [0.25, 0.3) is 0 Å². The minimum Gasteiger partial charge on any atom is -0.423 e. The first kappa shape index (κ1) is 18.3. The van der Waals surface area contributed by atoms with Crippen molar-refractivity contribution >= 4 is 34.2 Å². The number of esters is 1. The van der Waals surface area contributed by atoms with Crippen LogP contribution >= 0.6 is 0 Å². The van der Waals surface area contributed by atoms with Crippen LogP contribution in [0.15, 0.2) is 66.7 Å². The first-order valence-corrected chi connectivity index (χ1v) is 10.8. The molecular formula is C26H21NO4. The van der Waals surface area contributed by atoms with Crippen LogP contribution in [0.5, 0.6) is 5.75 Å². The molecule has 3 fully saturated rings. The topological polar surface area (TPSA) is 63.7 Å². The Balaban J connectivity index is 1.21. The number of hydrogen-bond donors (Lipinski definition) is 0. The van der Waals surface area contributed by atoms with Crippen molar-refractivity contribution in [3.63, 3.8) is 0 Å². The molecule has 2 amide bonds. The van der Waals surface area contributed by atoms with E-state index in [2.05, 4.69) is 0 Å². The van der Waals surface area contributed by atoms with Crippen LogP contribution in [0.1, 0.15) is 29.6 Å². The van der Waals surface area contributed by atoms with Crippen molar-refractivity contribution < 1.29 is 19.1 Å². The maximum Gasteiger partial charge on any atom is 0.343 e. The molecule has 3 aromatic carbocycles. The van der Waals surface area contributed by atoms with Crippen molar-refractivity contribution in [1.29, 1.82) is 0 Å². The van der Waals surface area contributed by atoms with E-state index in [9.17, 15) is 14.4 Å². The third-order valence-electron chi connectivity index (χ3n) is 7.22. The van der Waals surface area contributed by atoms with Gasteiger partial charge in [-0.2, -0.15) is 0 Å². The molecule has 6 rings (SSSR count). The summed E-state index contributed by atoms with van der Waals surface area (Å²) in [7, 11) is 0. The second-order valence-corrected chi connectivity index (χ2v) is 8.84. The number of amides is 2. The number of hydrogen-bond acceptors (Lipinski definition) is 4. The van der Waals surface area contributed by atoms with Crippen LogP contribution in [0, 0.1) is 23.7 Å². The van der Waals surface area contributed by atoms with Gasteiger partial charge in [0, 0.05) is 0 Å². The number of carbonyl (C=O) groups is 3. The standard InChI is InChI=1S/C26H21NO4/c28-24-22-18-5-6-19(13-18)23(22)25(29)27(24)20-10-7-16(8-11-20)26(30)31-21-12-9-15-3-1-2-4-17(15)14-21/h1-4,7-12,14,18-19,22-23H,5-6,13H2/t18-,19-,22+,23+/m0/s1. The third-order valence-corrected chi connectivity index (χ3v) is 7.22. The van der Waals surface area contributed by atoms with Gasteiger partial charge < -0.3 is 4.74 Å². The summed E-state index contributed by atoms with van der Waals surface area (Å²) in [5.41, 5.74) is 0.905. The molecule has 1 saturated heterocycles. The zero-order chi connectivity index (χ0) is 21.1. The highest BCUT2D eigenvalue weighted by Crippen LogP contribution is 2.56. The van der Waals surface area contributed by atoms with E-state index in [-0.39, 0.29) is 23.7 Å². The van der Waals surface area contributed by atoms with Gasteiger partial charge in [-0.05, 0) is 78.3 Å². The SMILES string of the molecule is O=C(Oc1ccc2ccccc2c1)c1ccc(N2C(=O)[C@@H]3[C@H]4CC[C@@H](C4)[C@H]3C2=O)cc1. The Morgan fingerprint density at radius 2 is 1.45 bits per heavy atom. The average molecular weight is 411 g/mol. The van der Waals surface area contributed by atoms with Crippen molar-refractivity contribution in [2.24, 2.45) is 23.7 Å². The summed E-state index contributed by atoms with van der Waals surface area (Å²) in [4.78, 5) is 39.9. The quantitative estimate of drug-likeness (QED) is 0.359. The Morgan fingerprint density at radius 3 is 2.13 bits per heavy atom. The van der Waals surface area contributed by atoms with E-state index in [4.69, 9.17) is 4.74 Å². The number of imide groups is 1. The first-order valence-electron chi connectivity index (χ1n) is 10.8. The Kier molecular flexibility index (Phi) is 4.00. The van der Waals surface area contributed by atoms with Gasteiger partial charge in [0.15, 0.2) is 0 Å². The lowest BCUT2D eigenvalue weighted by Crippen LogP contribution is -2.32. The van der Waals surface area contributed by atoms with Crippen LogP contribution in [0.4, 0.5) is 5.69 Å². The number of carbonyl (C=O) groups excluding carboxylic acids is 3. The molecule has 0 aromatic heterocycles. The molecular weight excluding hydrogens is 390 g/mol. The molecule has 4 atom stereocenters. The van der Waals surface area contributed by atoms with Crippen LogP contribution in [-0.2, 0) is 9.59 Å². The molecule has 2 saturated carbocycles. The smallest absolute Gasteiger partial charge is 0.343 e. The van der Waals surface area contributed by atoms with Crippen LogP contribution in [-0.4, -0.2) is 17.8 Å². The van der Waals surface area contributed by atoms with E-state index < -0.39 is 5.97 Å². The molecule has 0 spiro atoms. The van der Waals surface area contributed by atoms with E-state index in [1.165, 1.54) is 4.90 Å². The Labute approximate surface area is 179 Å². The van der Waals surface area contributed by atoms with Gasteiger partial charge in [0.1, 0.15) is 5.75 Å². The molecule has 31 heavy (non-hydrogen) atoms. The first-order chi connectivity index (χ1) is 15.1. The molecule has 5 nitrogen and oxygen atoms in total. The number of benzene rings is 3. The predicted octanol–water partition coefficient (Wildman–Crippen LogP) is 4.59.